The molecular weight excluding hydrogens is 466 g/mol. The molecule has 28 heavy (non-hydrogen) atoms. The van der Waals surface area contributed by atoms with E-state index in [1.807, 2.05) is 6.92 Å². The molecule has 0 fully saturated rings. The Morgan fingerprint density at radius 1 is 1.18 bits per heavy atom. The number of thiazole rings is 1. The van der Waals surface area contributed by atoms with E-state index in [9.17, 15) is 16.8 Å². The molecule has 0 bridgehead atoms. The van der Waals surface area contributed by atoms with E-state index in [4.69, 9.17) is 21.5 Å². The van der Waals surface area contributed by atoms with Gasteiger partial charge in [0.25, 0.3) is 10.0 Å². The van der Waals surface area contributed by atoms with Crippen molar-refractivity contribution >= 4 is 64.5 Å². The van der Waals surface area contributed by atoms with Crippen LogP contribution in [0, 0.1) is 0 Å². The fourth-order valence-electron chi connectivity index (χ4n) is 2.40. The first kappa shape index (κ1) is 21.4. The number of rotatable bonds is 7. The second kappa shape index (κ2) is 8.22. The Labute approximate surface area is 175 Å². The number of ether oxygens (including phenoxy) is 1. The summed E-state index contributed by atoms with van der Waals surface area (Å²) in [7, 11) is -7.85. The van der Waals surface area contributed by atoms with Gasteiger partial charge in [-0.15, -0.1) is 15.7 Å². The van der Waals surface area contributed by atoms with E-state index in [2.05, 4.69) is 4.40 Å². The lowest BCUT2D eigenvalue weighted by Crippen LogP contribution is -2.19. The normalized spacial score (nSPS) is 13.5. The van der Waals surface area contributed by atoms with Crippen molar-refractivity contribution in [1.82, 2.24) is 4.57 Å². The minimum absolute atomic E-state index is 0.0246. The van der Waals surface area contributed by atoms with Crippen LogP contribution in [0.1, 0.15) is 6.92 Å². The Kier molecular flexibility index (Phi) is 6.29. The second-order valence-electron chi connectivity index (χ2n) is 5.53. The molecule has 152 valence electrons. The molecule has 0 atom stereocenters. The predicted octanol–water partition coefficient (Wildman–Crippen LogP) is 2.39. The summed E-state index contributed by atoms with van der Waals surface area (Å²) < 4.78 is 60.4. The molecule has 0 saturated heterocycles. The molecule has 2 heterocycles. The fourth-order valence-corrected chi connectivity index (χ4v) is 6.77. The second-order valence-corrected chi connectivity index (χ2v) is 11.6. The summed E-state index contributed by atoms with van der Waals surface area (Å²) in [6.07, 6.45) is 0. The highest BCUT2D eigenvalue weighted by Crippen LogP contribution is 2.27. The van der Waals surface area contributed by atoms with Crippen molar-refractivity contribution in [3.05, 3.63) is 39.5 Å². The highest BCUT2D eigenvalue weighted by molar-refractivity contribution is 7.92. The van der Waals surface area contributed by atoms with E-state index in [0.717, 1.165) is 22.7 Å². The Bertz CT molecular complexity index is 1290. The van der Waals surface area contributed by atoms with Crippen LogP contribution >= 0.6 is 34.3 Å². The van der Waals surface area contributed by atoms with Gasteiger partial charge < -0.3 is 9.30 Å². The molecule has 0 radical (unpaired) electrons. The molecular formula is C15H16ClN3O5S4. The van der Waals surface area contributed by atoms with Crippen molar-refractivity contribution in [2.24, 2.45) is 9.54 Å². The van der Waals surface area contributed by atoms with Crippen LogP contribution in [0.2, 0.25) is 4.34 Å². The smallest absolute Gasteiger partial charge is 0.294 e. The number of fused-ring (bicyclic) bond motifs is 1. The maximum absolute atomic E-state index is 12.6. The lowest BCUT2D eigenvalue weighted by atomic mass is 10.3. The van der Waals surface area contributed by atoms with Crippen LogP contribution in [0.5, 0.6) is 0 Å². The third-order valence-corrected chi connectivity index (χ3v) is 8.68. The molecule has 3 aromatic rings. The molecule has 0 aliphatic rings. The number of sulfonamides is 2. The van der Waals surface area contributed by atoms with Crippen LogP contribution in [0.25, 0.3) is 10.2 Å². The van der Waals surface area contributed by atoms with Crippen LogP contribution in [-0.4, -0.2) is 34.6 Å². The van der Waals surface area contributed by atoms with E-state index in [1.54, 1.807) is 10.6 Å². The number of nitrogens with zero attached hydrogens (tertiary/aromatic N) is 2. The minimum Gasteiger partial charge on any atom is -0.380 e. The minimum atomic E-state index is -3.97. The van der Waals surface area contributed by atoms with E-state index in [1.165, 1.54) is 24.3 Å². The SMILES string of the molecule is CCOCCn1/c(=N/S(=O)(=O)c2ccc(Cl)s2)sc2cc(S(N)(=O)=O)ccc21. The quantitative estimate of drug-likeness (QED) is 0.519. The van der Waals surface area contributed by atoms with Crippen molar-refractivity contribution in [2.45, 2.75) is 22.6 Å². The zero-order chi connectivity index (χ0) is 20.5. The predicted molar refractivity (Wildman–Crippen MR) is 110 cm³/mol. The monoisotopic (exact) mass is 481 g/mol. The van der Waals surface area contributed by atoms with Crippen molar-refractivity contribution in [1.29, 1.82) is 0 Å². The molecule has 2 aromatic heterocycles. The summed E-state index contributed by atoms with van der Waals surface area (Å²) in [5.41, 5.74) is 0.635. The molecule has 0 unspecified atom stereocenters. The molecule has 1 aromatic carbocycles. The van der Waals surface area contributed by atoms with Gasteiger partial charge in [0.05, 0.1) is 26.1 Å². The topological polar surface area (TPSA) is 121 Å². The average molecular weight is 482 g/mol. The summed E-state index contributed by atoms with van der Waals surface area (Å²) in [5.74, 6) is 0. The van der Waals surface area contributed by atoms with Gasteiger partial charge in [0.2, 0.25) is 14.8 Å². The first-order valence-corrected chi connectivity index (χ1v) is 12.9. The number of thiophene rings is 1. The summed E-state index contributed by atoms with van der Waals surface area (Å²) >= 11 is 7.80. The van der Waals surface area contributed by atoms with E-state index in [-0.39, 0.29) is 13.9 Å². The number of halogens is 1. The van der Waals surface area contributed by atoms with Gasteiger partial charge in [0, 0.05) is 13.2 Å². The highest BCUT2D eigenvalue weighted by atomic mass is 35.5. The lowest BCUT2D eigenvalue weighted by Gasteiger charge is -2.06. The molecule has 13 heteroatoms. The number of benzene rings is 1. The summed E-state index contributed by atoms with van der Waals surface area (Å²) in [6, 6.07) is 7.23. The lowest BCUT2D eigenvalue weighted by molar-refractivity contribution is 0.139. The van der Waals surface area contributed by atoms with Crippen molar-refractivity contribution in [3.8, 4) is 0 Å². The number of hydrogen-bond donors (Lipinski definition) is 1. The zero-order valence-electron chi connectivity index (χ0n) is 14.5. The first-order valence-electron chi connectivity index (χ1n) is 7.92. The van der Waals surface area contributed by atoms with Crippen molar-refractivity contribution < 1.29 is 21.6 Å². The fraction of sp³-hybridized carbons (Fsp3) is 0.267. The summed E-state index contributed by atoms with van der Waals surface area (Å²) in [4.78, 5) is 0.142. The van der Waals surface area contributed by atoms with Crippen LogP contribution < -0.4 is 9.94 Å². The van der Waals surface area contributed by atoms with Gasteiger partial charge in [0.15, 0.2) is 0 Å². The van der Waals surface area contributed by atoms with E-state index < -0.39 is 20.0 Å². The van der Waals surface area contributed by atoms with Crippen LogP contribution in [-0.2, 0) is 31.3 Å². The Morgan fingerprint density at radius 3 is 2.54 bits per heavy atom. The van der Waals surface area contributed by atoms with Crippen LogP contribution in [0.15, 0.2) is 43.8 Å². The van der Waals surface area contributed by atoms with Gasteiger partial charge in [-0.2, -0.15) is 8.42 Å². The third-order valence-electron chi connectivity index (χ3n) is 3.65. The number of nitrogens with two attached hydrogens (primary N) is 1. The molecule has 3 rings (SSSR count). The number of aromatic nitrogens is 1. The molecule has 8 nitrogen and oxygen atoms in total. The Morgan fingerprint density at radius 2 is 1.93 bits per heavy atom. The Hall–Kier alpha value is -1.28. The Balaban J connectivity index is 2.20. The van der Waals surface area contributed by atoms with E-state index >= 15 is 0 Å². The third kappa shape index (κ3) is 4.64. The van der Waals surface area contributed by atoms with Gasteiger partial charge in [-0.1, -0.05) is 22.9 Å². The van der Waals surface area contributed by atoms with Gasteiger partial charge >= 0.3 is 0 Å². The zero-order valence-corrected chi connectivity index (χ0v) is 18.6. The van der Waals surface area contributed by atoms with Crippen LogP contribution in [0.3, 0.4) is 0 Å². The molecule has 2 N–H and O–H groups in total. The maximum Gasteiger partial charge on any atom is 0.294 e. The standard InChI is InChI=1S/C15H16ClN3O5S4/c1-2-24-8-7-19-11-4-3-10(27(17,20)21)9-12(11)25-15(19)18-28(22,23)14-6-5-13(16)26-14/h3-6,9H,2,7-8H2,1H3,(H2,17,20,21)/b18-15-. The summed E-state index contributed by atoms with van der Waals surface area (Å²) in [6.45, 7) is 3.06. The van der Waals surface area contributed by atoms with Gasteiger partial charge in [-0.3, -0.25) is 0 Å². The molecule has 0 aliphatic carbocycles. The first-order chi connectivity index (χ1) is 13.1. The average Bonchev–Trinajstić information content (AvgIpc) is 3.18. The largest absolute Gasteiger partial charge is 0.380 e. The van der Waals surface area contributed by atoms with Crippen molar-refractivity contribution in [2.75, 3.05) is 13.2 Å². The molecule has 0 aliphatic heterocycles. The van der Waals surface area contributed by atoms with Gasteiger partial charge in [-0.25, -0.2) is 13.6 Å². The van der Waals surface area contributed by atoms with Crippen molar-refractivity contribution in [3.63, 3.8) is 0 Å². The summed E-state index contributed by atoms with van der Waals surface area (Å²) in [5, 5.41) is 5.19. The highest BCUT2D eigenvalue weighted by Gasteiger charge is 2.18. The van der Waals surface area contributed by atoms with Gasteiger partial charge in [0.1, 0.15) is 4.21 Å². The maximum atomic E-state index is 12.6. The number of hydrogen-bond acceptors (Lipinski definition) is 7. The van der Waals surface area contributed by atoms with Crippen LogP contribution in [0.4, 0.5) is 0 Å². The molecule has 0 saturated carbocycles. The molecule has 0 amide bonds. The van der Waals surface area contributed by atoms with Gasteiger partial charge in [-0.05, 0) is 37.3 Å². The molecule has 0 spiro atoms. The number of primary sulfonamides is 1. The van der Waals surface area contributed by atoms with E-state index in [0.29, 0.717) is 34.3 Å².